The second-order valence-corrected chi connectivity index (χ2v) is 4.04. The van der Waals surface area contributed by atoms with Crippen molar-refractivity contribution in [1.82, 2.24) is 0 Å². The highest BCUT2D eigenvalue weighted by Crippen LogP contribution is 2.29. The molecule has 0 atom stereocenters. The molecule has 0 spiro atoms. The molecule has 0 fully saturated rings. The molecule has 0 aliphatic rings. The largest absolute Gasteiger partial charge is 0.416 e. The van der Waals surface area contributed by atoms with Crippen LogP contribution in [0.5, 0.6) is 0 Å². The monoisotopic (exact) mass is 283 g/mol. The van der Waals surface area contributed by atoms with Crippen molar-refractivity contribution in [2.75, 3.05) is 5.32 Å². The molecule has 0 heterocycles. The zero-order chi connectivity index (χ0) is 14.8. The van der Waals surface area contributed by atoms with Gasteiger partial charge >= 0.3 is 6.18 Å². The van der Waals surface area contributed by atoms with Gasteiger partial charge in [-0.3, -0.25) is 4.79 Å². The van der Waals surface area contributed by atoms with Gasteiger partial charge in [0.2, 0.25) is 0 Å². The van der Waals surface area contributed by atoms with Gasteiger partial charge in [-0.15, -0.1) is 0 Å². The number of hydrogen-bond acceptors (Lipinski definition) is 1. The topological polar surface area (TPSA) is 29.1 Å². The lowest BCUT2D eigenvalue weighted by Crippen LogP contribution is -2.14. The molecular weight excluding hydrogens is 274 g/mol. The highest BCUT2D eigenvalue weighted by Gasteiger charge is 2.30. The maximum Gasteiger partial charge on any atom is 0.416 e. The average molecular weight is 283 g/mol. The van der Waals surface area contributed by atoms with Gasteiger partial charge in [0.05, 0.1) is 5.56 Å². The van der Waals surface area contributed by atoms with Crippen molar-refractivity contribution in [1.29, 1.82) is 0 Å². The fourth-order valence-corrected chi connectivity index (χ4v) is 1.61. The Morgan fingerprint density at radius 3 is 2.35 bits per heavy atom. The second-order valence-electron chi connectivity index (χ2n) is 4.04. The number of hydrogen-bond donors (Lipinski definition) is 1. The SMILES string of the molecule is O=C(Nc1cccc(F)c1)c1cccc(C(F)(F)F)c1. The van der Waals surface area contributed by atoms with E-state index in [1.54, 1.807) is 0 Å². The molecule has 1 amide bonds. The molecule has 6 heteroatoms. The number of anilines is 1. The lowest BCUT2D eigenvalue weighted by atomic mass is 10.1. The van der Waals surface area contributed by atoms with Gasteiger partial charge in [-0.25, -0.2) is 4.39 Å². The van der Waals surface area contributed by atoms with Crippen LogP contribution < -0.4 is 5.32 Å². The number of benzene rings is 2. The highest BCUT2D eigenvalue weighted by molar-refractivity contribution is 6.04. The van der Waals surface area contributed by atoms with Crippen molar-refractivity contribution in [2.24, 2.45) is 0 Å². The molecule has 104 valence electrons. The van der Waals surface area contributed by atoms with Crippen LogP contribution in [0.3, 0.4) is 0 Å². The summed E-state index contributed by atoms with van der Waals surface area (Å²) in [5.41, 5.74) is -0.888. The quantitative estimate of drug-likeness (QED) is 0.826. The van der Waals surface area contributed by atoms with Crippen LogP contribution in [-0.4, -0.2) is 5.91 Å². The summed E-state index contributed by atoms with van der Waals surface area (Å²) >= 11 is 0. The van der Waals surface area contributed by atoms with Crippen molar-refractivity contribution in [2.45, 2.75) is 6.18 Å². The van der Waals surface area contributed by atoms with Crippen LogP contribution >= 0.6 is 0 Å². The van der Waals surface area contributed by atoms with Crippen molar-refractivity contribution < 1.29 is 22.4 Å². The van der Waals surface area contributed by atoms with Gasteiger partial charge in [-0.1, -0.05) is 12.1 Å². The van der Waals surface area contributed by atoms with E-state index in [0.717, 1.165) is 24.3 Å². The maximum atomic E-state index is 12.9. The predicted molar refractivity (Wildman–Crippen MR) is 65.8 cm³/mol. The van der Waals surface area contributed by atoms with Gasteiger partial charge in [0.15, 0.2) is 0 Å². The molecule has 0 aliphatic carbocycles. The zero-order valence-electron chi connectivity index (χ0n) is 10.0. The van der Waals surface area contributed by atoms with Crippen LogP contribution in [0.2, 0.25) is 0 Å². The van der Waals surface area contributed by atoms with Crippen molar-refractivity contribution in [3.05, 3.63) is 65.5 Å². The zero-order valence-corrected chi connectivity index (χ0v) is 10.0. The summed E-state index contributed by atoms with van der Waals surface area (Å²) in [6.07, 6.45) is -4.52. The molecule has 0 unspecified atom stereocenters. The summed E-state index contributed by atoms with van der Waals surface area (Å²) in [6, 6.07) is 9.11. The molecule has 2 rings (SSSR count). The van der Waals surface area contributed by atoms with E-state index in [2.05, 4.69) is 5.32 Å². The molecule has 0 radical (unpaired) electrons. The van der Waals surface area contributed by atoms with Crippen molar-refractivity contribution in [3.63, 3.8) is 0 Å². The first-order chi connectivity index (χ1) is 9.36. The van der Waals surface area contributed by atoms with Crippen LogP contribution in [0, 0.1) is 5.82 Å². The molecule has 2 aromatic rings. The van der Waals surface area contributed by atoms with Gasteiger partial charge in [0.25, 0.3) is 5.91 Å². The van der Waals surface area contributed by atoms with Crippen LogP contribution in [0.15, 0.2) is 48.5 Å². The van der Waals surface area contributed by atoms with E-state index in [1.807, 2.05) is 0 Å². The van der Waals surface area contributed by atoms with Gasteiger partial charge in [-0.2, -0.15) is 13.2 Å². The third-order valence-corrected chi connectivity index (χ3v) is 2.53. The van der Waals surface area contributed by atoms with Crippen LogP contribution in [-0.2, 0) is 6.18 Å². The Balaban J connectivity index is 2.22. The van der Waals surface area contributed by atoms with Crippen molar-refractivity contribution >= 4 is 11.6 Å². The highest BCUT2D eigenvalue weighted by atomic mass is 19.4. The number of halogens is 4. The summed E-state index contributed by atoms with van der Waals surface area (Å²) < 4.78 is 50.5. The molecule has 0 bridgehead atoms. The second kappa shape index (κ2) is 5.32. The maximum absolute atomic E-state index is 12.9. The smallest absolute Gasteiger partial charge is 0.322 e. The Hall–Kier alpha value is -2.37. The summed E-state index contributed by atoms with van der Waals surface area (Å²) in [4.78, 5) is 11.8. The lowest BCUT2D eigenvalue weighted by Gasteiger charge is -2.09. The number of carbonyl (C=O) groups is 1. The minimum Gasteiger partial charge on any atom is -0.322 e. The summed E-state index contributed by atoms with van der Waals surface area (Å²) in [6.45, 7) is 0. The Bertz CT molecular complexity index is 637. The van der Waals surface area contributed by atoms with E-state index in [9.17, 15) is 22.4 Å². The first kappa shape index (κ1) is 14.0. The Morgan fingerprint density at radius 1 is 1.00 bits per heavy atom. The van der Waals surface area contributed by atoms with Crippen LogP contribution in [0.4, 0.5) is 23.2 Å². The molecule has 0 aromatic heterocycles. The Morgan fingerprint density at radius 2 is 1.70 bits per heavy atom. The summed E-state index contributed by atoms with van der Waals surface area (Å²) in [5, 5.41) is 2.33. The van der Waals surface area contributed by atoms with Gasteiger partial charge in [0.1, 0.15) is 5.82 Å². The number of amides is 1. The van der Waals surface area contributed by atoms with E-state index in [4.69, 9.17) is 0 Å². The molecule has 1 N–H and O–H groups in total. The van der Waals surface area contributed by atoms with Gasteiger partial charge < -0.3 is 5.32 Å². The number of alkyl halides is 3. The molecule has 0 aliphatic heterocycles. The normalized spacial score (nSPS) is 11.2. The third kappa shape index (κ3) is 3.34. The summed E-state index contributed by atoms with van der Waals surface area (Å²) in [7, 11) is 0. The van der Waals surface area contributed by atoms with E-state index in [0.29, 0.717) is 0 Å². The minimum atomic E-state index is -4.52. The van der Waals surface area contributed by atoms with Gasteiger partial charge in [-0.05, 0) is 36.4 Å². The van der Waals surface area contributed by atoms with Gasteiger partial charge in [0, 0.05) is 11.3 Å². The number of rotatable bonds is 2. The molecule has 0 saturated heterocycles. The molecular formula is C14H9F4NO. The lowest BCUT2D eigenvalue weighted by molar-refractivity contribution is -0.137. The minimum absolute atomic E-state index is 0.149. The average Bonchev–Trinajstić information content (AvgIpc) is 2.38. The predicted octanol–water partition coefficient (Wildman–Crippen LogP) is 4.10. The van der Waals surface area contributed by atoms with E-state index in [-0.39, 0.29) is 11.3 Å². The van der Waals surface area contributed by atoms with E-state index >= 15 is 0 Å². The van der Waals surface area contributed by atoms with E-state index < -0.39 is 23.5 Å². The van der Waals surface area contributed by atoms with Crippen LogP contribution in [0.25, 0.3) is 0 Å². The fourth-order valence-electron chi connectivity index (χ4n) is 1.61. The first-order valence-corrected chi connectivity index (χ1v) is 5.60. The van der Waals surface area contributed by atoms with E-state index in [1.165, 1.54) is 24.3 Å². The Kier molecular flexibility index (Phi) is 3.74. The standard InChI is InChI=1S/C14H9F4NO/c15-11-5-2-6-12(8-11)19-13(20)9-3-1-4-10(7-9)14(16,17)18/h1-8H,(H,19,20). The molecule has 20 heavy (non-hydrogen) atoms. The van der Waals surface area contributed by atoms with Crippen LogP contribution in [0.1, 0.15) is 15.9 Å². The number of carbonyl (C=O) groups excluding carboxylic acids is 1. The first-order valence-electron chi connectivity index (χ1n) is 5.60. The molecule has 0 saturated carbocycles. The van der Waals surface area contributed by atoms with Crippen molar-refractivity contribution in [3.8, 4) is 0 Å². The molecule has 2 nitrogen and oxygen atoms in total. The Labute approximate surface area is 112 Å². The number of nitrogens with one attached hydrogen (secondary N) is 1. The fraction of sp³-hybridized carbons (Fsp3) is 0.0714. The molecule has 2 aromatic carbocycles. The summed E-state index contributed by atoms with van der Waals surface area (Å²) in [5.74, 6) is -1.28. The third-order valence-electron chi connectivity index (χ3n) is 2.53.